The first-order chi connectivity index (χ1) is 11.0. The third-order valence-electron chi connectivity index (χ3n) is 4.45. The maximum absolute atomic E-state index is 12.3. The quantitative estimate of drug-likeness (QED) is 0.669. The molecule has 0 radical (unpaired) electrons. The van der Waals surface area contributed by atoms with Crippen LogP contribution in [0.3, 0.4) is 0 Å². The van der Waals surface area contributed by atoms with E-state index in [2.05, 4.69) is 10.3 Å². The summed E-state index contributed by atoms with van der Waals surface area (Å²) >= 11 is 0.817. The first-order valence-corrected chi connectivity index (χ1v) is 8.57. The summed E-state index contributed by atoms with van der Waals surface area (Å²) in [4.78, 5) is 40.2. The van der Waals surface area contributed by atoms with E-state index >= 15 is 0 Å². The molecule has 0 spiro atoms. The van der Waals surface area contributed by atoms with Crippen molar-refractivity contribution in [2.24, 2.45) is 5.92 Å². The lowest BCUT2D eigenvalue weighted by Crippen LogP contribution is -2.38. The topological polar surface area (TPSA) is 105 Å². The van der Waals surface area contributed by atoms with Gasteiger partial charge in [-0.2, -0.15) is 0 Å². The summed E-state index contributed by atoms with van der Waals surface area (Å²) in [5.74, 6) is -0.671. The molecule has 23 heavy (non-hydrogen) atoms. The van der Waals surface area contributed by atoms with Gasteiger partial charge in [0.05, 0.1) is 10.8 Å². The highest BCUT2D eigenvalue weighted by Crippen LogP contribution is 2.30. The van der Waals surface area contributed by atoms with Crippen molar-refractivity contribution in [1.82, 2.24) is 9.88 Å². The van der Waals surface area contributed by atoms with Crippen molar-refractivity contribution in [3.05, 3.63) is 16.3 Å². The van der Waals surface area contributed by atoms with E-state index < -0.39 is 10.8 Å². The zero-order valence-corrected chi connectivity index (χ0v) is 13.4. The van der Waals surface area contributed by atoms with E-state index in [0.717, 1.165) is 43.2 Å². The minimum absolute atomic E-state index is 0.0298. The van der Waals surface area contributed by atoms with Gasteiger partial charge in [0.2, 0.25) is 11.8 Å². The van der Waals surface area contributed by atoms with E-state index in [-0.39, 0.29) is 34.4 Å². The number of hydrogen-bond donors (Lipinski definition) is 1. The highest BCUT2D eigenvalue weighted by molar-refractivity contribution is 7.18. The van der Waals surface area contributed by atoms with Crippen LogP contribution in [0.4, 0.5) is 10.1 Å². The summed E-state index contributed by atoms with van der Waals surface area (Å²) in [6.45, 7) is 0.433. The van der Waals surface area contributed by atoms with E-state index in [1.54, 1.807) is 0 Å². The van der Waals surface area contributed by atoms with Crippen LogP contribution in [0.25, 0.3) is 0 Å². The van der Waals surface area contributed by atoms with Crippen LogP contribution < -0.4 is 5.32 Å². The van der Waals surface area contributed by atoms with Gasteiger partial charge in [0, 0.05) is 19.0 Å². The van der Waals surface area contributed by atoms with Crippen molar-refractivity contribution in [3.63, 3.8) is 0 Å². The number of amides is 2. The van der Waals surface area contributed by atoms with E-state index in [1.807, 2.05) is 4.90 Å². The third-order valence-corrected chi connectivity index (χ3v) is 5.31. The van der Waals surface area contributed by atoms with Gasteiger partial charge in [0.1, 0.15) is 6.20 Å². The molecule has 2 fully saturated rings. The van der Waals surface area contributed by atoms with Crippen LogP contribution in [-0.4, -0.2) is 39.2 Å². The molecule has 1 aliphatic carbocycles. The average Bonchev–Trinajstić information content (AvgIpc) is 3.15. The van der Waals surface area contributed by atoms with Gasteiger partial charge in [0.15, 0.2) is 5.13 Å². The lowest BCUT2D eigenvalue weighted by Gasteiger charge is -2.31. The number of aromatic nitrogens is 1. The maximum atomic E-state index is 12.3. The van der Waals surface area contributed by atoms with Crippen LogP contribution in [0.5, 0.6) is 0 Å². The maximum Gasteiger partial charge on any atom is 0.345 e. The molecule has 1 aromatic rings. The summed E-state index contributed by atoms with van der Waals surface area (Å²) in [5, 5.41) is 13.3. The predicted molar refractivity (Wildman–Crippen MR) is 84.1 cm³/mol. The van der Waals surface area contributed by atoms with Gasteiger partial charge < -0.3 is 10.2 Å². The van der Waals surface area contributed by atoms with Gasteiger partial charge in [0.25, 0.3) is 0 Å². The fourth-order valence-corrected chi connectivity index (χ4v) is 3.90. The standard InChI is InChI=1S/C14H18N4O4S/c19-11-6-9(8-17(11)10-4-2-1-3-5-10)13(20)16-14-15-7-12(23-14)18(21)22/h7,9-10H,1-6,8H2,(H,15,16,20). The second kappa shape index (κ2) is 6.61. The number of likely N-dealkylation sites (tertiary alicyclic amines) is 1. The third kappa shape index (κ3) is 3.49. The summed E-state index contributed by atoms with van der Waals surface area (Å²) in [6, 6.07) is 0.259. The average molecular weight is 338 g/mol. The number of carbonyl (C=O) groups is 2. The number of carbonyl (C=O) groups excluding carboxylic acids is 2. The SMILES string of the molecule is O=C(Nc1ncc([N+](=O)[O-])s1)C1CC(=O)N(C2CCCCC2)C1. The Bertz CT molecular complexity index is 626. The molecule has 124 valence electrons. The molecule has 9 heteroatoms. The highest BCUT2D eigenvalue weighted by Gasteiger charge is 2.38. The molecule has 0 bridgehead atoms. The Labute approximate surface area is 137 Å². The van der Waals surface area contributed by atoms with Crippen molar-refractivity contribution in [2.75, 3.05) is 11.9 Å². The van der Waals surface area contributed by atoms with Crippen LogP contribution in [0.1, 0.15) is 38.5 Å². The van der Waals surface area contributed by atoms with Crippen molar-refractivity contribution >= 4 is 33.3 Å². The zero-order chi connectivity index (χ0) is 16.4. The minimum atomic E-state index is -0.544. The Hall–Kier alpha value is -2.03. The molecule has 2 heterocycles. The molecule has 1 atom stereocenters. The van der Waals surface area contributed by atoms with Crippen molar-refractivity contribution < 1.29 is 14.5 Å². The molecule has 1 aliphatic heterocycles. The minimum Gasteiger partial charge on any atom is -0.339 e. The number of nitro groups is 1. The largest absolute Gasteiger partial charge is 0.345 e. The van der Waals surface area contributed by atoms with Crippen LogP contribution in [0.2, 0.25) is 0 Å². The van der Waals surface area contributed by atoms with Gasteiger partial charge in [-0.15, -0.1) is 0 Å². The Morgan fingerprint density at radius 2 is 2.13 bits per heavy atom. The Morgan fingerprint density at radius 3 is 2.78 bits per heavy atom. The van der Waals surface area contributed by atoms with Crippen molar-refractivity contribution in [2.45, 2.75) is 44.6 Å². The molecular weight excluding hydrogens is 320 g/mol. The highest BCUT2D eigenvalue weighted by atomic mass is 32.1. The zero-order valence-electron chi connectivity index (χ0n) is 12.6. The normalized spacial score (nSPS) is 22.3. The molecule has 1 saturated heterocycles. The van der Waals surface area contributed by atoms with Gasteiger partial charge in [-0.1, -0.05) is 19.3 Å². The number of nitrogens with one attached hydrogen (secondary N) is 1. The fourth-order valence-electron chi connectivity index (χ4n) is 3.27. The Balaban J connectivity index is 1.59. The summed E-state index contributed by atoms with van der Waals surface area (Å²) in [7, 11) is 0. The monoisotopic (exact) mass is 338 g/mol. The van der Waals surface area contributed by atoms with Gasteiger partial charge in [-0.25, -0.2) is 4.98 Å². The second-order valence-electron chi connectivity index (χ2n) is 5.99. The van der Waals surface area contributed by atoms with Crippen LogP contribution in [-0.2, 0) is 9.59 Å². The smallest absolute Gasteiger partial charge is 0.339 e. The molecule has 1 saturated carbocycles. The number of thiazole rings is 1. The van der Waals surface area contributed by atoms with Crippen LogP contribution in [0, 0.1) is 16.0 Å². The van der Waals surface area contributed by atoms with Crippen LogP contribution in [0.15, 0.2) is 6.20 Å². The lowest BCUT2D eigenvalue weighted by atomic mass is 9.94. The summed E-state index contributed by atoms with van der Waals surface area (Å²) in [6.07, 6.45) is 6.83. The van der Waals surface area contributed by atoms with E-state index in [4.69, 9.17) is 0 Å². The number of anilines is 1. The van der Waals surface area contributed by atoms with E-state index in [1.165, 1.54) is 6.42 Å². The van der Waals surface area contributed by atoms with E-state index in [9.17, 15) is 19.7 Å². The molecule has 1 N–H and O–H groups in total. The Kier molecular flexibility index (Phi) is 4.56. The summed E-state index contributed by atoms with van der Waals surface area (Å²) < 4.78 is 0. The second-order valence-corrected chi connectivity index (χ2v) is 7.00. The molecule has 2 amide bonds. The fraction of sp³-hybridized carbons (Fsp3) is 0.643. The molecule has 3 rings (SSSR count). The number of nitrogens with zero attached hydrogens (tertiary/aromatic N) is 3. The van der Waals surface area contributed by atoms with Gasteiger partial charge >= 0.3 is 5.00 Å². The molecule has 0 aromatic carbocycles. The van der Waals surface area contributed by atoms with Crippen molar-refractivity contribution in [1.29, 1.82) is 0 Å². The molecule has 2 aliphatic rings. The van der Waals surface area contributed by atoms with E-state index in [0.29, 0.717) is 6.54 Å². The molecule has 1 unspecified atom stereocenters. The summed E-state index contributed by atoms with van der Waals surface area (Å²) in [5.41, 5.74) is 0. The first kappa shape index (κ1) is 15.9. The molecular formula is C14H18N4O4S. The first-order valence-electron chi connectivity index (χ1n) is 7.75. The van der Waals surface area contributed by atoms with Crippen molar-refractivity contribution in [3.8, 4) is 0 Å². The van der Waals surface area contributed by atoms with Gasteiger partial charge in [-0.3, -0.25) is 19.7 Å². The lowest BCUT2D eigenvalue weighted by molar-refractivity contribution is -0.380. The molecule has 8 nitrogen and oxygen atoms in total. The Morgan fingerprint density at radius 1 is 1.39 bits per heavy atom. The number of rotatable bonds is 4. The van der Waals surface area contributed by atoms with Crippen LogP contribution >= 0.6 is 11.3 Å². The molecule has 1 aromatic heterocycles. The number of hydrogen-bond acceptors (Lipinski definition) is 6. The predicted octanol–water partition coefficient (Wildman–Crippen LogP) is 2.17. The van der Waals surface area contributed by atoms with Gasteiger partial charge in [-0.05, 0) is 24.2 Å².